The van der Waals surface area contributed by atoms with E-state index in [-0.39, 0.29) is 12.2 Å². The van der Waals surface area contributed by atoms with Gasteiger partial charge >= 0.3 is 0 Å². The Balaban J connectivity index is 1.50. The first kappa shape index (κ1) is 15.7. The van der Waals surface area contributed by atoms with Crippen LogP contribution in [0.2, 0.25) is 0 Å². The molecule has 2 aliphatic heterocycles. The van der Waals surface area contributed by atoms with Crippen molar-refractivity contribution >= 4 is 16.9 Å². The summed E-state index contributed by atoms with van der Waals surface area (Å²) in [5.41, 5.74) is 2.81. The molecule has 5 heteroatoms. The lowest BCUT2D eigenvalue weighted by Gasteiger charge is -2.33. The van der Waals surface area contributed by atoms with Gasteiger partial charge in [0.2, 0.25) is 0 Å². The Labute approximate surface area is 141 Å². The second-order valence-electron chi connectivity index (χ2n) is 6.75. The lowest BCUT2D eigenvalue weighted by molar-refractivity contribution is -0.0956. The number of hydrogen-bond acceptors (Lipinski definition) is 4. The smallest absolute Gasteiger partial charge is 0.289 e. The Morgan fingerprint density at radius 1 is 1.12 bits per heavy atom. The maximum atomic E-state index is 12.9. The summed E-state index contributed by atoms with van der Waals surface area (Å²) in [5, 5.41) is 1.03. The molecular formula is C19H23NO4. The van der Waals surface area contributed by atoms with E-state index in [9.17, 15) is 4.79 Å². The number of rotatable bonds is 2. The Morgan fingerprint density at radius 3 is 2.50 bits per heavy atom. The molecule has 0 unspecified atom stereocenters. The predicted octanol–water partition coefficient (Wildman–Crippen LogP) is 3.27. The molecule has 0 N–H and O–H groups in total. The van der Waals surface area contributed by atoms with Gasteiger partial charge < -0.3 is 18.8 Å². The minimum Gasteiger partial charge on any atom is -0.450 e. The van der Waals surface area contributed by atoms with Crippen LogP contribution in [0.15, 0.2) is 22.6 Å². The summed E-state index contributed by atoms with van der Waals surface area (Å²) in [7, 11) is 0. The van der Waals surface area contributed by atoms with Crippen LogP contribution < -0.4 is 0 Å². The van der Waals surface area contributed by atoms with Gasteiger partial charge in [0.25, 0.3) is 5.91 Å². The van der Waals surface area contributed by atoms with Crippen LogP contribution in [0.25, 0.3) is 11.0 Å². The molecule has 1 aromatic heterocycles. The maximum Gasteiger partial charge on any atom is 0.289 e. The number of fused-ring (bicyclic) bond motifs is 1. The minimum atomic E-state index is -0.0853. The molecular weight excluding hydrogens is 306 g/mol. The van der Waals surface area contributed by atoms with E-state index in [1.54, 1.807) is 0 Å². The molecule has 0 radical (unpaired) electrons. The van der Waals surface area contributed by atoms with Crippen molar-refractivity contribution in [3.63, 3.8) is 0 Å². The first-order valence-electron chi connectivity index (χ1n) is 8.66. The van der Waals surface area contributed by atoms with E-state index >= 15 is 0 Å². The quantitative estimate of drug-likeness (QED) is 0.848. The molecule has 1 amide bonds. The summed E-state index contributed by atoms with van der Waals surface area (Å²) in [6, 6.07) is 6.02. The van der Waals surface area contributed by atoms with E-state index in [0.29, 0.717) is 24.9 Å². The van der Waals surface area contributed by atoms with Crippen LogP contribution in [0, 0.1) is 19.8 Å². The van der Waals surface area contributed by atoms with Gasteiger partial charge in [-0.2, -0.15) is 0 Å². The SMILES string of the molecule is Cc1c(C(=O)N2CCC(C3OCCO3)CC2)oc2c(C)cccc12. The van der Waals surface area contributed by atoms with E-state index in [1.165, 1.54) is 0 Å². The fourth-order valence-corrected chi connectivity index (χ4v) is 3.76. The second kappa shape index (κ2) is 6.22. The first-order valence-corrected chi connectivity index (χ1v) is 8.66. The van der Waals surface area contributed by atoms with Crippen LogP contribution in [0.1, 0.15) is 34.5 Å². The molecule has 128 valence electrons. The molecule has 0 saturated carbocycles. The van der Waals surface area contributed by atoms with E-state index in [2.05, 4.69) is 0 Å². The summed E-state index contributed by atoms with van der Waals surface area (Å²) in [4.78, 5) is 14.8. The summed E-state index contributed by atoms with van der Waals surface area (Å²) in [6.45, 7) is 6.78. The third-order valence-corrected chi connectivity index (χ3v) is 5.21. The standard InChI is InChI=1S/C19H23NO4/c1-12-4-3-5-15-13(2)17(24-16(12)15)18(21)20-8-6-14(7-9-20)19-22-10-11-23-19/h3-5,14,19H,6-11H2,1-2H3. The Bertz CT molecular complexity index is 752. The highest BCUT2D eigenvalue weighted by Crippen LogP contribution is 2.31. The molecule has 5 nitrogen and oxygen atoms in total. The van der Waals surface area contributed by atoms with Crippen LogP contribution in [-0.2, 0) is 9.47 Å². The molecule has 0 bridgehead atoms. The number of nitrogens with zero attached hydrogens (tertiary/aromatic N) is 1. The molecule has 0 spiro atoms. The number of amides is 1. The molecule has 3 heterocycles. The number of aryl methyl sites for hydroxylation is 2. The Hall–Kier alpha value is -1.85. The van der Waals surface area contributed by atoms with Crippen molar-refractivity contribution < 1.29 is 18.7 Å². The molecule has 24 heavy (non-hydrogen) atoms. The lowest BCUT2D eigenvalue weighted by atomic mass is 9.96. The van der Waals surface area contributed by atoms with Crippen molar-refractivity contribution in [1.82, 2.24) is 4.90 Å². The number of likely N-dealkylation sites (tertiary alicyclic amines) is 1. The minimum absolute atomic E-state index is 0.00481. The van der Waals surface area contributed by atoms with Crippen molar-refractivity contribution in [2.24, 2.45) is 5.92 Å². The van der Waals surface area contributed by atoms with Gasteiger partial charge in [-0.1, -0.05) is 18.2 Å². The zero-order valence-corrected chi connectivity index (χ0v) is 14.2. The fourth-order valence-electron chi connectivity index (χ4n) is 3.76. The van der Waals surface area contributed by atoms with Crippen molar-refractivity contribution in [1.29, 1.82) is 0 Å². The highest BCUT2D eigenvalue weighted by atomic mass is 16.7. The molecule has 2 aliphatic rings. The van der Waals surface area contributed by atoms with Crippen LogP contribution in [0.4, 0.5) is 0 Å². The van der Waals surface area contributed by atoms with Gasteiger partial charge in [-0.25, -0.2) is 0 Å². The van der Waals surface area contributed by atoms with Crippen LogP contribution in [0.5, 0.6) is 0 Å². The summed E-state index contributed by atoms with van der Waals surface area (Å²) >= 11 is 0. The third kappa shape index (κ3) is 2.62. The molecule has 1 aromatic carbocycles. The Morgan fingerprint density at radius 2 is 1.83 bits per heavy atom. The number of para-hydroxylation sites is 1. The normalized spacial score (nSPS) is 20.2. The van der Waals surface area contributed by atoms with Crippen molar-refractivity contribution in [3.05, 3.63) is 35.1 Å². The van der Waals surface area contributed by atoms with E-state index in [0.717, 1.165) is 48.0 Å². The number of ether oxygens (including phenoxy) is 2. The number of carbonyl (C=O) groups is 1. The molecule has 0 aliphatic carbocycles. The summed E-state index contributed by atoms with van der Waals surface area (Å²) in [5.74, 6) is 0.858. The molecule has 2 aromatic rings. The van der Waals surface area contributed by atoms with Gasteiger partial charge in [-0.15, -0.1) is 0 Å². The van der Waals surface area contributed by atoms with Crippen molar-refractivity contribution in [2.45, 2.75) is 33.0 Å². The zero-order chi connectivity index (χ0) is 16.7. The largest absolute Gasteiger partial charge is 0.450 e. The van der Waals surface area contributed by atoms with Crippen molar-refractivity contribution in [3.8, 4) is 0 Å². The van der Waals surface area contributed by atoms with Gasteiger partial charge in [0, 0.05) is 30.0 Å². The average molecular weight is 329 g/mol. The average Bonchev–Trinajstić information content (AvgIpc) is 3.24. The number of benzene rings is 1. The number of piperidine rings is 1. The van der Waals surface area contributed by atoms with E-state index in [4.69, 9.17) is 13.9 Å². The second-order valence-corrected chi connectivity index (χ2v) is 6.75. The fraction of sp³-hybridized carbons (Fsp3) is 0.526. The van der Waals surface area contributed by atoms with Crippen LogP contribution in [-0.4, -0.2) is 43.4 Å². The highest BCUT2D eigenvalue weighted by molar-refractivity contribution is 5.99. The zero-order valence-electron chi connectivity index (χ0n) is 14.2. The number of hydrogen-bond donors (Lipinski definition) is 0. The monoisotopic (exact) mass is 329 g/mol. The summed E-state index contributed by atoms with van der Waals surface area (Å²) < 4.78 is 17.1. The Kier molecular flexibility index (Phi) is 4.06. The molecule has 2 saturated heterocycles. The maximum absolute atomic E-state index is 12.9. The van der Waals surface area contributed by atoms with Gasteiger partial charge in [0.05, 0.1) is 13.2 Å². The van der Waals surface area contributed by atoms with Crippen LogP contribution in [0.3, 0.4) is 0 Å². The van der Waals surface area contributed by atoms with Gasteiger partial charge in [-0.3, -0.25) is 4.79 Å². The summed E-state index contributed by atoms with van der Waals surface area (Å²) in [6.07, 6.45) is 1.74. The van der Waals surface area contributed by atoms with Crippen LogP contribution >= 0.6 is 0 Å². The molecule has 2 fully saturated rings. The van der Waals surface area contributed by atoms with E-state index in [1.807, 2.05) is 36.9 Å². The van der Waals surface area contributed by atoms with Gasteiger partial charge in [-0.05, 0) is 32.3 Å². The van der Waals surface area contributed by atoms with E-state index < -0.39 is 0 Å². The molecule has 0 atom stereocenters. The van der Waals surface area contributed by atoms with Gasteiger partial charge in [0.15, 0.2) is 12.1 Å². The third-order valence-electron chi connectivity index (χ3n) is 5.21. The number of carbonyl (C=O) groups excluding carboxylic acids is 1. The van der Waals surface area contributed by atoms with Crippen molar-refractivity contribution in [2.75, 3.05) is 26.3 Å². The topological polar surface area (TPSA) is 51.9 Å². The lowest BCUT2D eigenvalue weighted by Crippen LogP contribution is -2.41. The number of furan rings is 1. The highest BCUT2D eigenvalue weighted by Gasteiger charge is 2.33. The first-order chi connectivity index (χ1) is 11.6. The molecule has 4 rings (SSSR count). The predicted molar refractivity (Wildman–Crippen MR) is 90.0 cm³/mol. The van der Waals surface area contributed by atoms with Gasteiger partial charge in [0.1, 0.15) is 5.58 Å².